The highest BCUT2D eigenvalue weighted by Gasteiger charge is 2.54. The molecule has 164 valence electrons. The Bertz CT molecular complexity index is 937. The molecule has 0 radical (unpaired) electrons. The molecule has 0 atom stereocenters. The number of amides is 2. The van der Waals surface area contributed by atoms with E-state index < -0.39 is 0 Å². The molecule has 6 nitrogen and oxygen atoms in total. The van der Waals surface area contributed by atoms with Crippen LogP contribution in [0.5, 0.6) is 0 Å². The maximum atomic E-state index is 13.1. The molecule has 4 saturated carbocycles. The fourth-order valence-electron chi connectivity index (χ4n) is 6.09. The predicted octanol–water partition coefficient (Wildman–Crippen LogP) is 4.99. The second-order valence-corrected chi connectivity index (χ2v) is 11.6. The van der Waals surface area contributed by atoms with E-state index in [1.165, 1.54) is 47.9 Å². The number of nitrogens with zero attached hydrogens (tertiary/aromatic N) is 2. The molecule has 31 heavy (non-hydrogen) atoms. The molecular formula is C23H28N4O2S2. The minimum absolute atomic E-state index is 0.0800. The first kappa shape index (κ1) is 20.9. The molecule has 2 N–H and O–H groups in total. The number of aromatic nitrogens is 2. The number of rotatable bonds is 7. The number of hydrogen-bond donors (Lipinski definition) is 2. The number of thioether (sulfide) groups is 1. The van der Waals surface area contributed by atoms with Crippen molar-refractivity contribution in [2.24, 2.45) is 23.2 Å². The van der Waals surface area contributed by atoms with E-state index in [0.29, 0.717) is 9.47 Å². The molecule has 2 amide bonds. The van der Waals surface area contributed by atoms with Crippen molar-refractivity contribution in [2.75, 3.05) is 16.4 Å². The van der Waals surface area contributed by atoms with Crippen LogP contribution in [0.25, 0.3) is 0 Å². The van der Waals surface area contributed by atoms with E-state index in [-0.39, 0.29) is 23.0 Å². The summed E-state index contributed by atoms with van der Waals surface area (Å²) in [4.78, 5) is 25.4. The van der Waals surface area contributed by atoms with Crippen molar-refractivity contribution >= 4 is 45.7 Å². The Morgan fingerprint density at radius 3 is 2.29 bits per heavy atom. The van der Waals surface area contributed by atoms with Gasteiger partial charge in [-0.05, 0) is 80.4 Å². The Kier molecular flexibility index (Phi) is 5.77. The number of aryl methyl sites for hydroxylation is 1. The Hall–Kier alpha value is -1.93. The van der Waals surface area contributed by atoms with Crippen molar-refractivity contribution in [3.63, 3.8) is 0 Å². The van der Waals surface area contributed by atoms with Crippen molar-refractivity contribution in [3.05, 3.63) is 29.8 Å². The van der Waals surface area contributed by atoms with Crippen LogP contribution in [0.4, 0.5) is 10.8 Å². The molecule has 4 aliphatic rings. The van der Waals surface area contributed by atoms with Gasteiger partial charge in [0, 0.05) is 5.69 Å². The second kappa shape index (κ2) is 8.54. The van der Waals surface area contributed by atoms with Crippen LogP contribution in [0.2, 0.25) is 0 Å². The van der Waals surface area contributed by atoms with Gasteiger partial charge in [0.15, 0.2) is 4.34 Å². The SMILES string of the molecule is CCc1ccc(NC(=O)CSc2nnc(NC(=O)C34CC5CC(CC(C5)C3)C4)s2)cc1. The number of carbonyl (C=O) groups excluding carboxylic acids is 2. The second-order valence-electron chi connectivity index (χ2n) is 9.41. The van der Waals surface area contributed by atoms with Crippen LogP contribution >= 0.6 is 23.1 Å². The van der Waals surface area contributed by atoms with Gasteiger partial charge in [-0.15, -0.1) is 10.2 Å². The highest BCUT2D eigenvalue weighted by molar-refractivity contribution is 8.01. The van der Waals surface area contributed by atoms with Gasteiger partial charge in [0.1, 0.15) is 0 Å². The number of anilines is 2. The first-order valence-corrected chi connectivity index (χ1v) is 13.0. The quantitative estimate of drug-likeness (QED) is 0.453. The van der Waals surface area contributed by atoms with Gasteiger partial charge in [-0.2, -0.15) is 0 Å². The lowest BCUT2D eigenvalue weighted by Crippen LogP contribution is -2.51. The minimum Gasteiger partial charge on any atom is -0.325 e. The van der Waals surface area contributed by atoms with Gasteiger partial charge >= 0.3 is 0 Å². The molecule has 4 aliphatic carbocycles. The third-order valence-corrected chi connectivity index (χ3v) is 9.09. The predicted molar refractivity (Wildman–Crippen MR) is 124 cm³/mol. The fourth-order valence-corrected chi connectivity index (χ4v) is 7.63. The Morgan fingerprint density at radius 1 is 1.03 bits per heavy atom. The van der Waals surface area contributed by atoms with E-state index in [1.807, 2.05) is 24.3 Å². The zero-order valence-electron chi connectivity index (χ0n) is 17.7. The van der Waals surface area contributed by atoms with E-state index in [0.717, 1.165) is 49.1 Å². The first-order chi connectivity index (χ1) is 15.0. The number of nitrogens with one attached hydrogen (secondary N) is 2. The van der Waals surface area contributed by atoms with Crippen molar-refractivity contribution in [1.29, 1.82) is 0 Å². The van der Waals surface area contributed by atoms with Gasteiger partial charge in [0.2, 0.25) is 16.9 Å². The van der Waals surface area contributed by atoms with Gasteiger partial charge in [0.25, 0.3) is 0 Å². The van der Waals surface area contributed by atoms with Gasteiger partial charge < -0.3 is 10.6 Å². The summed E-state index contributed by atoms with van der Waals surface area (Å²) in [7, 11) is 0. The van der Waals surface area contributed by atoms with Crippen LogP contribution in [-0.4, -0.2) is 27.8 Å². The maximum Gasteiger partial charge on any atom is 0.234 e. The lowest BCUT2D eigenvalue weighted by atomic mass is 9.49. The summed E-state index contributed by atoms with van der Waals surface area (Å²) < 4.78 is 0.692. The average molecular weight is 457 g/mol. The lowest BCUT2D eigenvalue weighted by molar-refractivity contribution is -0.140. The molecule has 1 aromatic heterocycles. The third-order valence-electron chi connectivity index (χ3n) is 7.12. The van der Waals surface area contributed by atoms with Crippen molar-refractivity contribution in [2.45, 2.75) is 56.2 Å². The molecular weight excluding hydrogens is 428 g/mol. The zero-order valence-corrected chi connectivity index (χ0v) is 19.4. The largest absolute Gasteiger partial charge is 0.325 e. The molecule has 0 spiro atoms. The number of carbonyl (C=O) groups is 2. The summed E-state index contributed by atoms with van der Waals surface area (Å²) in [5, 5.41) is 14.8. The molecule has 1 aromatic carbocycles. The molecule has 1 heterocycles. The van der Waals surface area contributed by atoms with Crippen LogP contribution < -0.4 is 10.6 Å². The summed E-state index contributed by atoms with van der Waals surface area (Å²) in [6.07, 6.45) is 8.02. The zero-order chi connectivity index (χ0) is 21.4. The molecule has 0 unspecified atom stereocenters. The monoisotopic (exact) mass is 456 g/mol. The highest BCUT2D eigenvalue weighted by atomic mass is 32.2. The summed E-state index contributed by atoms with van der Waals surface area (Å²) in [6, 6.07) is 7.88. The van der Waals surface area contributed by atoms with Crippen LogP contribution in [0.3, 0.4) is 0 Å². The van der Waals surface area contributed by atoms with Crippen LogP contribution in [0, 0.1) is 23.2 Å². The minimum atomic E-state index is -0.194. The van der Waals surface area contributed by atoms with Crippen LogP contribution in [0.15, 0.2) is 28.6 Å². The first-order valence-electron chi connectivity index (χ1n) is 11.2. The van der Waals surface area contributed by atoms with Crippen molar-refractivity contribution < 1.29 is 9.59 Å². The summed E-state index contributed by atoms with van der Waals surface area (Å²) in [5.74, 6) is 2.50. The van der Waals surface area contributed by atoms with Crippen LogP contribution in [0.1, 0.15) is 51.0 Å². The number of benzene rings is 1. The number of hydrogen-bond acceptors (Lipinski definition) is 6. The molecule has 6 rings (SSSR count). The third kappa shape index (κ3) is 4.51. The molecule has 4 fully saturated rings. The van der Waals surface area contributed by atoms with Crippen LogP contribution in [-0.2, 0) is 16.0 Å². The van der Waals surface area contributed by atoms with E-state index in [9.17, 15) is 9.59 Å². The van der Waals surface area contributed by atoms with E-state index in [4.69, 9.17) is 0 Å². The summed E-state index contributed by atoms with van der Waals surface area (Å²) in [6.45, 7) is 2.10. The van der Waals surface area contributed by atoms with E-state index in [1.54, 1.807) is 0 Å². The molecule has 8 heteroatoms. The summed E-state index contributed by atoms with van der Waals surface area (Å²) >= 11 is 2.69. The lowest BCUT2D eigenvalue weighted by Gasteiger charge is -2.55. The van der Waals surface area contributed by atoms with E-state index in [2.05, 4.69) is 27.8 Å². The Labute approximate surface area is 191 Å². The fraction of sp³-hybridized carbons (Fsp3) is 0.565. The molecule has 2 aromatic rings. The molecule has 0 saturated heterocycles. The summed E-state index contributed by atoms with van der Waals surface area (Å²) in [5.41, 5.74) is 1.84. The smallest absolute Gasteiger partial charge is 0.234 e. The maximum absolute atomic E-state index is 13.1. The van der Waals surface area contributed by atoms with E-state index >= 15 is 0 Å². The topological polar surface area (TPSA) is 84.0 Å². The molecule has 4 bridgehead atoms. The Morgan fingerprint density at radius 2 is 1.68 bits per heavy atom. The van der Waals surface area contributed by atoms with Gasteiger partial charge in [-0.3, -0.25) is 9.59 Å². The van der Waals surface area contributed by atoms with Crippen molar-refractivity contribution in [3.8, 4) is 0 Å². The molecule has 0 aliphatic heterocycles. The van der Waals surface area contributed by atoms with Gasteiger partial charge in [-0.1, -0.05) is 42.2 Å². The average Bonchev–Trinajstić information content (AvgIpc) is 3.19. The van der Waals surface area contributed by atoms with Gasteiger partial charge in [-0.25, -0.2) is 0 Å². The highest BCUT2D eigenvalue weighted by Crippen LogP contribution is 2.60. The standard InChI is InChI=1S/C23H28N4O2S2/c1-2-14-3-5-18(6-4-14)24-19(28)13-30-22-27-26-21(31-22)25-20(29)23-10-15-7-16(11-23)9-17(8-15)12-23/h3-6,15-17H,2,7-13H2,1H3,(H,24,28)(H,25,26,29). The normalized spacial score (nSPS) is 28.5. The Balaban J connectivity index is 1.13. The van der Waals surface area contributed by atoms with Gasteiger partial charge in [0.05, 0.1) is 11.2 Å². The van der Waals surface area contributed by atoms with Crippen molar-refractivity contribution in [1.82, 2.24) is 10.2 Å².